The number of ether oxygens (including phenoxy) is 1. The van der Waals surface area contributed by atoms with Crippen molar-refractivity contribution in [1.29, 1.82) is 0 Å². The fraction of sp³-hybridized carbons (Fsp3) is 1.00. The van der Waals surface area contributed by atoms with Gasteiger partial charge in [-0.2, -0.15) is 0 Å². The Balaban J connectivity index is 1.96. The molecule has 2 saturated heterocycles. The molecule has 2 N–H and O–H groups in total. The van der Waals surface area contributed by atoms with Crippen LogP contribution in [0.4, 0.5) is 0 Å². The van der Waals surface area contributed by atoms with Gasteiger partial charge in [-0.15, -0.1) is 0 Å². The summed E-state index contributed by atoms with van der Waals surface area (Å²) in [4.78, 5) is 2.25. The van der Waals surface area contributed by atoms with Crippen LogP contribution in [-0.2, 0) is 14.8 Å². The molecule has 7 heteroatoms. The van der Waals surface area contributed by atoms with Crippen LogP contribution in [-0.4, -0.2) is 75.4 Å². The van der Waals surface area contributed by atoms with Gasteiger partial charge in [-0.1, -0.05) is 0 Å². The number of nitrogens with zero attached hydrogens (tertiary/aromatic N) is 2. The highest BCUT2D eigenvalue weighted by Gasteiger charge is 2.34. The van der Waals surface area contributed by atoms with Crippen molar-refractivity contribution < 1.29 is 13.2 Å². The monoisotopic (exact) mass is 291 g/mol. The SMILES string of the molecule is NCCN1CCCN(S(=O)(=O)C2CCOCC2)CC1. The van der Waals surface area contributed by atoms with Crippen LogP contribution in [0.5, 0.6) is 0 Å². The Morgan fingerprint density at radius 3 is 2.53 bits per heavy atom. The second-order valence-electron chi connectivity index (χ2n) is 5.24. The Morgan fingerprint density at radius 1 is 1.11 bits per heavy atom. The van der Waals surface area contributed by atoms with Crippen LogP contribution >= 0.6 is 0 Å². The molecular formula is C12H25N3O3S. The average Bonchev–Trinajstić information content (AvgIpc) is 2.66. The normalized spacial score (nSPS) is 25.3. The van der Waals surface area contributed by atoms with E-state index in [0.29, 0.717) is 45.7 Å². The van der Waals surface area contributed by atoms with Crippen molar-refractivity contribution in [3.05, 3.63) is 0 Å². The molecule has 0 atom stereocenters. The second-order valence-corrected chi connectivity index (χ2v) is 7.45. The van der Waals surface area contributed by atoms with Gasteiger partial charge in [0.25, 0.3) is 0 Å². The first-order valence-corrected chi connectivity index (χ1v) is 8.64. The fourth-order valence-electron chi connectivity index (χ4n) is 2.79. The van der Waals surface area contributed by atoms with Crippen LogP contribution in [0.25, 0.3) is 0 Å². The quantitative estimate of drug-likeness (QED) is 0.753. The third-order valence-electron chi connectivity index (χ3n) is 3.94. The zero-order chi connectivity index (χ0) is 13.7. The van der Waals surface area contributed by atoms with Crippen molar-refractivity contribution in [1.82, 2.24) is 9.21 Å². The van der Waals surface area contributed by atoms with E-state index in [9.17, 15) is 8.42 Å². The van der Waals surface area contributed by atoms with E-state index in [1.807, 2.05) is 0 Å². The molecule has 19 heavy (non-hydrogen) atoms. The molecule has 112 valence electrons. The van der Waals surface area contributed by atoms with E-state index in [-0.39, 0.29) is 5.25 Å². The van der Waals surface area contributed by atoms with Crippen molar-refractivity contribution in [2.24, 2.45) is 5.73 Å². The van der Waals surface area contributed by atoms with Gasteiger partial charge >= 0.3 is 0 Å². The number of hydrogen-bond acceptors (Lipinski definition) is 5. The molecule has 0 aromatic rings. The standard InChI is InChI=1S/C12H25N3O3S/c13-4-7-14-5-1-6-15(9-8-14)19(16,17)12-2-10-18-11-3-12/h12H,1-11,13H2. The van der Waals surface area contributed by atoms with E-state index in [0.717, 1.165) is 26.1 Å². The summed E-state index contributed by atoms with van der Waals surface area (Å²) in [6, 6.07) is 0. The van der Waals surface area contributed by atoms with Crippen LogP contribution in [0.15, 0.2) is 0 Å². The first-order valence-electron chi connectivity index (χ1n) is 7.13. The first-order chi connectivity index (χ1) is 9.14. The van der Waals surface area contributed by atoms with Gasteiger partial charge in [-0.3, -0.25) is 0 Å². The lowest BCUT2D eigenvalue weighted by atomic mass is 10.2. The van der Waals surface area contributed by atoms with Gasteiger partial charge in [0.05, 0.1) is 5.25 Å². The maximum atomic E-state index is 12.6. The molecule has 0 aromatic heterocycles. The minimum absolute atomic E-state index is 0.248. The maximum Gasteiger partial charge on any atom is 0.217 e. The van der Waals surface area contributed by atoms with Crippen LogP contribution in [0, 0.1) is 0 Å². The second kappa shape index (κ2) is 6.99. The van der Waals surface area contributed by atoms with Crippen molar-refractivity contribution in [3.8, 4) is 0 Å². The largest absolute Gasteiger partial charge is 0.381 e. The molecule has 0 amide bonds. The smallest absolute Gasteiger partial charge is 0.217 e. The van der Waals surface area contributed by atoms with Gasteiger partial charge in [-0.25, -0.2) is 12.7 Å². The van der Waals surface area contributed by atoms with E-state index in [4.69, 9.17) is 10.5 Å². The lowest BCUT2D eigenvalue weighted by Crippen LogP contribution is -2.43. The number of hydrogen-bond donors (Lipinski definition) is 1. The summed E-state index contributed by atoms with van der Waals surface area (Å²) in [6.45, 7) is 5.59. The summed E-state index contributed by atoms with van der Waals surface area (Å²) >= 11 is 0. The Labute approximate surface area is 115 Å². The lowest BCUT2D eigenvalue weighted by Gasteiger charge is -2.28. The van der Waals surface area contributed by atoms with Crippen LogP contribution in [0.3, 0.4) is 0 Å². The highest BCUT2D eigenvalue weighted by atomic mass is 32.2. The van der Waals surface area contributed by atoms with Gasteiger partial charge in [-0.05, 0) is 25.8 Å². The predicted molar refractivity (Wildman–Crippen MR) is 74.4 cm³/mol. The Bertz CT molecular complexity index is 368. The fourth-order valence-corrected chi connectivity index (χ4v) is 4.72. The first kappa shape index (κ1) is 15.2. The van der Waals surface area contributed by atoms with Gasteiger partial charge in [0.1, 0.15) is 0 Å². The van der Waals surface area contributed by atoms with E-state index >= 15 is 0 Å². The summed E-state index contributed by atoms with van der Waals surface area (Å²) in [5.74, 6) is 0. The molecule has 0 aliphatic carbocycles. The van der Waals surface area contributed by atoms with Crippen molar-refractivity contribution >= 4 is 10.0 Å². The van der Waals surface area contributed by atoms with Gasteiger partial charge in [0, 0.05) is 45.9 Å². The van der Waals surface area contributed by atoms with E-state index in [1.165, 1.54) is 0 Å². The zero-order valence-corrected chi connectivity index (χ0v) is 12.3. The topological polar surface area (TPSA) is 75.9 Å². The van der Waals surface area contributed by atoms with Crippen molar-refractivity contribution in [2.75, 3.05) is 52.5 Å². The highest BCUT2D eigenvalue weighted by Crippen LogP contribution is 2.21. The summed E-state index contributed by atoms with van der Waals surface area (Å²) in [5.41, 5.74) is 5.56. The molecule has 0 aromatic carbocycles. The summed E-state index contributed by atoms with van der Waals surface area (Å²) in [5, 5.41) is -0.248. The van der Waals surface area contributed by atoms with E-state index < -0.39 is 10.0 Å². The molecule has 2 aliphatic rings. The zero-order valence-electron chi connectivity index (χ0n) is 11.5. The maximum absolute atomic E-state index is 12.6. The molecule has 2 rings (SSSR count). The molecule has 0 saturated carbocycles. The van der Waals surface area contributed by atoms with E-state index in [2.05, 4.69) is 4.90 Å². The lowest BCUT2D eigenvalue weighted by molar-refractivity contribution is 0.0972. The Morgan fingerprint density at radius 2 is 1.84 bits per heavy atom. The predicted octanol–water partition coefficient (Wildman–Crippen LogP) is -0.538. The van der Waals surface area contributed by atoms with Crippen LogP contribution < -0.4 is 5.73 Å². The van der Waals surface area contributed by atoms with Crippen LogP contribution in [0.1, 0.15) is 19.3 Å². The number of rotatable bonds is 4. The minimum atomic E-state index is -3.15. The van der Waals surface area contributed by atoms with Crippen LogP contribution in [0.2, 0.25) is 0 Å². The summed E-state index contributed by atoms with van der Waals surface area (Å²) in [6.07, 6.45) is 2.15. The molecule has 0 unspecified atom stereocenters. The molecule has 0 spiro atoms. The number of nitrogens with two attached hydrogens (primary N) is 1. The Kier molecular flexibility index (Phi) is 5.58. The molecule has 0 radical (unpaired) electrons. The molecule has 0 bridgehead atoms. The molecular weight excluding hydrogens is 266 g/mol. The minimum Gasteiger partial charge on any atom is -0.381 e. The molecule has 2 fully saturated rings. The summed E-state index contributed by atoms with van der Waals surface area (Å²) < 4.78 is 32.1. The number of sulfonamides is 1. The van der Waals surface area contributed by atoms with Gasteiger partial charge in [0.2, 0.25) is 10.0 Å². The van der Waals surface area contributed by atoms with Gasteiger partial charge in [0.15, 0.2) is 0 Å². The molecule has 2 heterocycles. The molecule has 6 nitrogen and oxygen atoms in total. The van der Waals surface area contributed by atoms with Crippen molar-refractivity contribution in [3.63, 3.8) is 0 Å². The van der Waals surface area contributed by atoms with Gasteiger partial charge < -0.3 is 15.4 Å². The average molecular weight is 291 g/mol. The Hall–Kier alpha value is -0.210. The van der Waals surface area contributed by atoms with E-state index in [1.54, 1.807) is 4.31 Å². The third-order valence-corrected chi connectivity index (χ3v) is 6.34. The highest BCUT2D eigenvalue weighted by molar-refractivity contribution is 7.89. The molecule has 2 aliphatic heterocycles. The third kappa shape index (κ3) is 3.88. The summed E-state index contributed by atoms with van der Waals surface area (Å²) in [7, 11) is -3.15. The van der Waals surface area contributed by atoms with Crippen molar-refractivity contribution in [2.45, 2.75) is 24.5 Å².